The molecule has 0 fully saturated rings. The summed E-state index contributed by atoms with van der Waals surface area (Å²) in [5.74, 6) is 0. The third-order valence-electron chi connectivity index (χ3n) is 2.55. The Labute approximate surface area is 96.7 Å². The van der Waals surface area contributed by atoms with E-state index in [4.69, 9.17) is 0 Å². The summed E-state index contributed by atoms with van der Waals surface area (Å²) < 4.78 is 39.7. The summed E-state index contributed by atoms with van der Waals surface area (Å²) in [5, 5.41) is 3.85. The van der Waals surface area contributed by atoms with Crippen molar-refractivity contribution in [3.8, 4) is 11.1 Å². The largest absolute Gasteiger partial charge is 0.433 e. The van der Waals surface area contributed by atoms with E-state index < -0.39 is 11.9 Å². The fourth-order valence-corrected chi connectivity index (χ4v) is 1.93. The van der Waals surface area contributed by atoms with Crippen molar-refractivity contribution >= 4 is 0 Å². The Balaban J connectivity index is 2.70. The Morgan fingerprint density at radius 3 is 2.24 bits per heavy atom. The van der Waals surface area contributed by atoms with E-state index in [0.717, 1.165) is 4.68 Å². The lowest BCUT2D eigenvalue weighted by atomic mass is 10.0. The molecule has 0 spiro atoms. The molecule has 1 aromatic carbocycles. The summed E-state index contributed by atoms with van der Waals surface area (Å²) in [6.07, 6.45) is -4.40. The van der Waals surface area contributed by atoms with Crippen LogP contribution in [-0.4, -0.2) is 9.78 Å². The van der Waals surface area contributed by atoms with Crippen molar-refractivity contribution < 1.29 is 13.2 Å². The van der Waals surface area contributed by atoms with Gasteiger partial charge in [-0.15, -0.1) is 0 Å². The van der Waals surface area contributed by atoms with E-state index in [2.05, 4.69) is 5.10 Å². The molecule has 5 heteroatoms. The molecule has 1 heterocycles. The van der Waals surface area contributed by atoms with Gasteiger partial charge < -0.3 is 0 Å². The number of rotatable bonds is 1. The Morgan fingerprint density at radius 2 is 1.71 bits per heavy atom. The molecule has 0 saturated carbocycles. The van der Waals surface area contributed by atoms with Crippen LogP contribution in [0.15, 0.2) is 30.3 Å². The van der Waals surface area contributed by atoms with Crippen LogP contribution in [0.4, 0.5) is 13.2 Å². The standard InChI is InChI=1S/C12H11F3N2/c1-8-10(9-6-4-3-5-7-9)11(12(13,14)15)17(2)16-8/h3-7H,1-2H3. The molecule has 0 aliphatic heterocycles. The highest BCUT2D eigenvalue weighted by Crippen LogP contribution is 2.38. The third-order valence-corrected chi connectivity index (χ3v) is 2.55. The van der Waals surface area contributed by atoms with Gasteiger partial charge in [-0.25, -0.2) is 0 Å². The van der Waals surface area contributed by atoms with Crippen LogP contribution in [0.25, 0.3) is 11.1 Å². The van der Waals surface area contributed by atoms with E-state index in [1.807, 2.05) is 0 Å². The molecule has 0 atom stereocenters. The lowest BCUT2D eigenvalue weighted by molar-refractivity contribution is -0.143. The van der Waals surface area contributed by atoms with Crippen molar-refractivity contribution in [1.29, 1.82) is 0 Å². The maximum absolute atomic E-state index is 12.9. The lowest BCUT2D eigenvalue weighted by Gasteiger charge is -2.10. The second kappa shape index (κ2) is 3.91. The molecule has 2 nitrogen and oxygen atoms in total. The minimum absolute atomic E-state index is 0.153. The minimum atomic E-state index is -4.40. The molecule has 17 heavy (non-hydrogen) atoms. The fraction of sp³-hybridized carbons (Fsp3) is 0.250. The molecule has 0 unspecified atom stereocenters. The van der Waals surface area contributed by atoms with Crippen LogP contribution < -0.4 is 0 Å². The van der Waals surface area contributed by atoms with E-state index in [-0.39, 0.29) is 5.56 Å². The van der Waals surface area contributed by atoms with Crippen LogP contribution in [0.1, 0.15) is 11.4 Å². The summed E-state index contributed by atoms with van der Waals surface area (Å²) in [6.45, 7) is 1.58. The first-order chi connectivity index (χ1) is 7.91. The Kier molecular flexibility index (Phi) is 2.69. The van der Waals surface area contributed by atoms with Crippen molar-refractivity contribution in [3.63, 3.8) is 0 Å². The van der Waals surface area contributed by atoms with Crippen molar-refractivity contribution in [1.82, 2.24) is 9.78 Å². The Hall–Kier alpha value is -1.78. The van der Waals surface area contributed by atoms with Gasteiger partial charge in [0.25, 0.3) is 0 Å². The van der Waals surface area contributed by atoms with Gasteiger partial charge in [-0.3, -0.25) is 4.68 Å². The predicted octanol–water partition coefficient (Wildman–Crippen LogP) is 3.41. The Morgan fingerprint density at radius 1 is 1.12 bits per heavy atom. The molecule has 0 N–H and O–H groups in total. The van der Waals surface area contributed by atoms with Crippen molar-refractivity contribution in [2.24, 2.45) is 7.05 Å². The molecule has 2 aromatic rings. The zero-order chi connectivity index (χ0) is 12.6. The SMILES string of the molecule is Cc1nn(C)c(C(F)(F)F)c1-c1ccccc1. The number of hydrogen-bond acceptors (Lipinski definition) is 1. The van der Waals surface area contributed by atoms with Crippen LogP contribution >= 0.6 is 0 Å². The highest BCUT2D eigenvalue weighted by molar-refractivity contribution is 5.69. The van der Waals surface area contributed by atoms with Gasteiger partial charge in [0.2, 0.25) is 0 Å². The number of halogens is 3. The molecule has 0 radical (unpaired) electrons. The number of nitrogens with zero attached hydrogens (tertiary/aromatic N) is 2. The number of alkyl halides is 3. The van der Waals surface area contributed by atoms with Crippen molar-refractivity contribution in [2.75, 3.05) is 0 Å². The van der Waals surface area contributed by atoms with Crippen LogP contribution in [0.2, 0.25) is 0 Å². The Bertz CT molecular complexity index is 527. The fourth-order valence-electron chi connectivity index (χ4n) is 1.93. The normalized spacial score (nSPS) is 11.8. The van der Waals surface area contributed by atoms with Crippen molar-refractivity contribution in [2.45, 2.75) is 13.1 Å². The maximum atomic E-state index is 12.9. The quantitative estimate of drug-likeness (QED) is 0.746. The van der Waals surface area contributed by atoms with Gasteiger partial charge in [0.15, 0.2) is 0 Å². The first-order valence-corrected chi connectivity index (χ1v) is 5.07. The summed E-state index contributed by atoms with van der Waals surface area (Å²) >= 11 is 0. The smallest absolute Gasteiger partial charge is 0.263 e. The van der Waals surface area contributed by atoms with Crippen molar-refractivity contribution in [3.05, 3.63) is 41.7 Å². The molecule has 0 bridgehead atoms. The third kappa shape index (κ3) is 2.05. The van der Waals surface area contributed by atoms with E-state index in [0.29, 0.717) is 11.3 Å². The zero-order valence-electron chi connectivity index (χ0n) is 9.42. The highest BCUT2D eigenvalue weighted by Gasteiger charge is 2.38. The van der Waals surface area contributed by atoms with Gasteiger partial charge >= 0.3 is 6.18 Å². The summed E-state index contributed by atoms with van der Waals surface area (Å²) in [7, 11) is 1.31. The summed E-state index contributed by atoms with van der Waals surface area (Å²) in [6, 6.07) is 8.49. The number of aryl methyl sites for hydroxylation is 2. The van der Waals surface area contributed by atoms with Crippen LogP contribution in [0.5, 0.6) is 0 Å². The van der Waals surface area contributed by atoms with E-state index in [9.17, 15) is 13.2 Å². The molecule has 0 aliphatic rings. The molecule has 90 valence electrons. The molecular formula is C12H11F3N2. The molecule has 2 rings (SSSR count). The monoisotopic (exact) mass is 240 g/mol. The maximum Gasteiger partial charge on any atom is 0.433 e. The summed E-state index contributed by atoms with van der Waals surface area (Å²) in [5.41, 5.74) is 0.359. The molecule has 1 aromatic heterocycles. The van der Waals surface area contributed by atoms with Gasteiger partial charge in [-0.05, 0) is 12.5 Å². The second-order valence-electron chi connectivity index (χ2n) is 3.80. The highest BCUT2D eigenvalue weighted by atomic mass is 19.4. The number of hydrogen-bond donors (Lipinski definition) is 0. The van der Waals surface area contributed by atoms with Gasteiger partial charge in [0.1, 0.15) is 5.69 Å². The average molecular weight is 240 g/mol. The minimum Gasteiger partial charge on any atom is -0.263 e. The van der Waals surface area contributed by atoms with Gasteiger partial charge in [-0.2, -0.15) is 18.3 Å². The topological polar surface area (TPSA) is 17.8 Å². The van der Waals surface area contributed by atoms with E-state index in [1.54, 1.807) is 37.3 Å². The molecule has 0 saturated heterocycles. The van der Waals surface area contributed by atoms with E-state index >= 15 is 0 Å². The molecule has 0 amide bonds. The van der Waals surface area contributed by atoms with Gasteiger partial charge in [0.05, 0.1) is 5.69 Å². The first-order valence-electron chi connectivity index (χ1n) is 5.07. The lowest BCUT2D eigenvalue weighted by Crippen LogP contribution is -2.13. The molecular weight excluding hydrogens is 229 g/mol. The number of aromatic nitrogens is 2. The average Bonchev–Trinajstić information content (AvgIpc) is 2.54. The predicted molar refractivity (Wildman–Crippen MR) is 58.4 cm³/mol. The molecule has 0 aliphatic carbocycles. The van der Waals surface area contributed by atoms with Crippen LogP contribution in [0, 0.1) is 6.92 Å². The van der Waals surface area contributed by atoms with Gasteiger partial charge in [-0.1, -0.05) is 30.3 Å². The summed E-state index contributed by atoms with van der Waals surface area (Å²) in [4.78, 5) is 0. The second-order valence-corrected chi connectivity index (χ2v) is 3.80. The zero-order valence-corrected chi connectivity index (χ0v) is 9.42. The van der Waals surface area contributed by atoms with E-state index in [1.165, 1.54) is 7.05 Å². The first kappa shape index (κ1) is 11.7. The van der Waals surface area contributed by atoms with Crippen LogP contribution in [-0.2, 0) is 13.2 Å². The number of benzene rings is 1. The van der Waals surface area contributed by atoms with Crippen LogP contribution in [0.3, 0.4) is 0 Å². The van der Waals surface area contributed by atoms with Gasteiger partial charge in [0, 0.05) is 12.6 Å².